The van der Waals surface area contributed by atoms with Crippen molar-refractivity contribution < 1.29 is 4.79 Å². The molecule has 1 aliphatic rings. The van der Waals surface area contributed by atoms with Crippen molar-refractivity contribution in [3.63, 3.8) is 0 Å². The van der Waals surface area contributed by atoms with Crippen LogP contribution in [0.3, 0.4) is 0 Å². The lowest BCUT2D eigenvalue weighted by atomic mass is 10.1. The molecule has 1 amide bonds. The second-order valence-corrected chi connectivity index (χ2v) is 4.42. The fourth-order valence-electron chi connectivity index (χ4n) is 2.17. The van der Waals surface area contributed by atoms with Crippen molar-refractivity contribution in [3.05, 3.63) is 30.6 Å². The predicted molar refractivity (Wildman–Crippen MR) is 69.2 cm³/mol. The molecule has 1 saturated heterocycles. The van der Waals surface area contributed by atoms with Gasteiger partial charge in [-0.05, 0) is 18.6 Å². The lowest BCUT2D eigenvalue weighted by molar-refractivity contribution is -0.122. The standard InChI is InChI=1S/C13H14N4O/c18-12-6-5-9(7-14-12)17-13-10-3-1-2-4-11(10)15-8-16-13/h1-4,8-9H,5-7H2,(H,14,18)(H,15,16,17). The molecule has 1 fully saturated rings. The van der Waals surface area contributed by atoms with Crippen LogP contribution in [0.25, 0.3) is 10.9 Å². The van der Waals surface area contributed by atoms with E-state index in [1.165, 1.54) is 0 Å². The summed E-state index contributed by atoms with van der Waals surface area (Å²) in [4.78, 5) is 19.6. The van der Waals surface area contributed by atoms with E-state index in [2.05, 4.69) is 20.6 Å². The quantitative estimate of drug-likeness (QED) is 0.833. The van der Waals surface area contributed by atoms with Gasteiger partial charge in [-0.3, -0.25) is 4.79 Å². The molecule has 1 aromatic carbocycles. The number of benzene rings is 1. The van der Waals surface area contributed by atoms with Crippen LogP contribution in [0.5, 0.6) is 0 Å². The van der Waals surface area contributed by atoms with Crippen LogP contribution < -0.4 is 10.6 Å². The van der Waals surface area contributed by atoms with E-state index in [0.29, 0.717) is 13.0 Å². The molecule has 0 bridgehead atoms. The summed E-state index contributed by atoms with van der Waals surface area (Å²) in [6, 6.07) is 8.13. The van der Waals surface area contributed by atoms with Gasteiger partial charge < -0.3 is 10.6 Å². The zero-order valence-electron chi connectivity index (χ0n) is 9.89. The fourth-order valence-corrected chi connectivity index (χ4v) is 2.17. The van der Waals surface area contributed by atoms with E-state index in [4.69, 9.17) is 0 Å². The van der Waals surface area contributed by atoms with Crippen LogP contribution in [-0.2, 0) is 4.79 Å². The Morgan fingerprint density at radius 1 is 1.28 bits per heavy atom. The number of fused-ring (bicyclic) bond motifs is 1. The monoisotopic (exact) mass is 242 g/mol. The van der Waals surface area contributed by atoms with Gasteiger partial charge in [-0.1, -0.05) is 12.1 Å². The van der Waals surface area contributed by atoms with Gasteiger partial charge in [0, 0.05) is 24.4 Å². The van der Waals surface area contributed by atoms with Crippen LogP contribution in [0, 0.1) is 0 Å². The summed E-state index contributed by atoms with van der Waals surface area (Å²) in [5, 5.41) is 7.25. The van der Waals surface area contributed by atoms with Gasteiger partial charge >= 0.3 is 0 Å². The van der Waals surface area contributed by atoms with Gasteiger partial charge in [0.1, 0.15) is 12.1 Å². The Kier molecular flexibility index (Phi) is 2.80. The van der Waals surface area contributed by atoms with Crippen molar-refractivity contribution in [3.8, 4) is 0 Å². The first-order valence-corrected chi connectivity index (χ1v) is 6.06. The summed E-state index contributed by atoms with van der Waals surface area (Å²) in [6.07, 6.45) is 2.97. The molecule has 3 rings (SSSR count). The number of aromatic nitrogens is 2. The predicted octanol–water partition coefficient (Wildman–Crippen LogP) is 1.32. The van der Waals surface area contributed by atoms with Gasteiger partial charge in [-0.15, -0.1) is 0 Å². The zero-order chi connectivity index (χ0) is 12.4. The Balaban J connectivity index is 1.84. The average Bonchev–Trinajstić information content (AvgIpc) is 2.42. The first-order chi connectivity index (χ1) is 8.83. The molecule has 2 heterocycles. The Bertz CT molecular complexity index is 569. The number of anilines is 1. The highest BCUT2D eigenvalue weighted by molar-refractivity contribution is 5.88. The Hall–Kier alpha value is -2.17. The number of nitrogens with one attached hydrogen (secondary N) is 2. The highest BCUT2D eigenvalue weighted by atomic mass is 16.1. The van der Waals surface area contributed by atoms with E-state index in [1.54, 1.807) is 6.33 Å². The maximum absolute atomic E-state index is 11.1. The molecule has 0 radical (unpaired) electrons. The summed E-state index contributed by atoms with van der Waals surface area (Å²) < 4.78 is 0. The minimum Gasteiger partial charge on any atom is -0.365 e. The Labute approximate surface area is 105 Å². The molecular weight excluding hydrogens is 228 g/mol. The van der Waals surface area contributed by atoms with Crippen LogP contribution in [-0.4, -0.2) is 28.5 Å². The highest BCUT2D eigenvalue weighted by Gasteiger charge is 2.18. The molecule has 0 spiro atoms. The molecule has 1 aromatic heterocycles. The summed E-state index contributed by atoms with van der Waals surface area (Å²) in [5.41, 5.74) is 0.926. The number of para-hydroxylation sites is 1. The summed E-state index contributed by atoms with van der Waals surface area (Å²) in [6.45, 7) is 0.650. The normalized spacial score (nSPS) is 19.6. The third-order valence-corrected chi connectivity index (χ3v) is 3.15. The van der Waals surface area contributed by atoms with Gasteiger partial charge in [0.15, 0.2) is 0 Å². The molecule has 5 heteroatoms. The molecule has 1 unspecified atom stereocenters. The molecule has 1 atom stereocenters. The number of amides is 1. The molecule has 92 valence electrons. The zero-order valence-corrected chi connectivity index (χ0v) is 9.89. The van der Waals surface area contributed by atoms with Crippen LogP contribution in [0.2, 0.25) is 0 Å². The van der Waals surface area contributed by atoms with Gasteiger partial charge in [0.05, 0.1) is 5.52 Å². The van der Waals surface area contributed by atoms with Crippen molar-refractivity contribution >= 4 is 22.6 Å². The number of hydrogen-bond donors (Lipinski definition) is 2. The van der Waals surface area contributed by atoms with E-state index in [0.717, 1.165) is 23.1 Å². The molecule has 2 aromatic rings. The topological polar surface area (TPSA) is 66.9 Å². The minimum absolute atomic E-state index is 0.126. The Morgan fingerprint density at radius 3 is 3.00 bits per heavy atom. The van der Waals surface area contributed by atoms with Crippen molar-refractivity contribution in [1.29, 1.82) is 0 Å². The number of rotatable bonds is 2. The fraction of sp³-hybridized carbons (Fsp3) is 0.308. The van der Waals surface area contributed by atoms with Crippen LogP contribution in [0.4, 0.5) is 5.82 Å². The number of hydrogen-bond acceptors (Lipinski definition) is 4. The SMILES string of the molecule is O=C1CCC(Nc2ncnc3ccccc23)CN1. The van der Waals surface area contributed by atoms with Crippen LogP contribution in [0.15, 0.2) is 30.6 Å². The van der Waals surface area contributed by atoms with Crippen molar-refractivity contribution in [2.24, 2.45) is 0 Å². The largest absolute Gasteiger partial charge is 0.365 e. The third-order valence-electron chi connectivity index (χ3n) is 3.15. The lowest BCUT2D eigenvalue weighted by Crippen LogP contribution is -2.42. The number of carbonyl (C=O) groups excluding carboxylic acids is 1. The molecule has 2 N–H and O–H groups in total. The lowest BCUT2D eigenvalue weighted by Gasteiger charge is -2.24. The smallest absolute Gasteiger partial charge is 0.220 e. The number of nitrogens with zero attached hydrogens (tertiary/aromatic N) is 2. The van der Waals surface area contributed by atoms with Gasteiger partial charge in [0.2, 0.25) is 5.91 Å². The van der Waals surface area contributed by atoms with E-state index >= 15 is 0 Å². The van der Waals surface area contributed by atoms with E-state index < -0.39 is 0 Å². The maximum Gasteiger partial charge on any atom is 0.220 e. The number of piperidine rings is 1. The molecular formula is C13H14N4O. The molecule has 18 heavy (non-hydrogen) atoms. The van der Waals surface area contributed by atoms with E-state index in [9.17, 15) is 4.79 Å². The second kappa shape index (κ2) is 4.60. The molecule has 0 aliphatic carbocycles. The van der Waals surface area contributed by atoms with Crippen molar-refractivity contribution in [2.75, 3.05) is 11.9 Å². The van der Waals surface area contributed by atoms with Gasteiger partial charge in [-0.2, -0.15) is 0 Å². The first-order valence-electron chi connectivity index (χ1n) is 6.06. The first kappa shape index (κ1) is 11.0. The van der Waals surface area contributed by atoms with Gasteiger partial charge in [0.25, 0.3) is 0 Å². The maximum atomic E-state index is 11.1. The molecule has 5 nitrogen and oxygen atoms in total. The Morgan fingerprint density at radius 2 is 2.17 bits per heavy atom. The van der Waals surface area contributed by atoms with Crippen LogP contribution in [0.1, 0.15) is 12.8 Å². The highest BCUT2D eigenvalue weighted by Crippen LogP contribution is 2.20. The molecule has 0 saturated carbocycles. The summed E-state index contributed by atoms with van der Waals surface area (Å²) in [7, 11) is 0. The average molecular weight is 242 g/mol. The van der Waals surface area contributed by atoms with Gasteiger partial charge in [-0.25, -0.2) is 9.97 Å². The van der Waals surface area contributed by atoms with Crippen molar-refractivity contribution in [2.45, 2.75) is 18.9 Å². The summed E-state index contributed by atoms with van der Waals surface area (Å²) >= 11 is 0. The van der Waals surface area contributed by atoms with E-state index in [1.807, 2.05) is 24.3 Å². The number of carbonyl (C=O) groups is 1. The third kappa shape index (κ3) is 2.11. The summed E-state index contributed by atoms with van der Waals surface area (Å²) in [5.74, 6) is 0.961. The minimum atomic E-state index is 0.126. The molecule has 1 aliphatic heterocycles. The van der Waals surface area contributed by atoms with Crippen molar-refractivity contribution in [1.82, 2.24) is 15.3 Å². The second-order valence-electron chi connectivity index (χ2n) is 4.42. The van der Waals surface area contributed by atoms with Crippen LogP contribution >= 0.6 is 0 Å². The van der Waals surface area contributed by atoms with E-state index in [-0.39, 0.29) is 11.9 Å².